The van der Waals surface area contributed by atoms with E-state index >= 15 is 4.39 Å². The largest absolute Gasteiger partial charge is 0.465 e. The number of nitrogens with one attached hydrogen (secondary N) is 1. The summed E-state index contributed by atoms with van der Waals surface area (Å²) in [5.41, 5.74) is 11.8. The number of rotatable bonds is 12. The van der Waals surface area contributed by atoms with Crippen molar-refractivity contribution in [2.75, 3.05) is 19.6 Å². The minimum absolute atomic E-state index is 0.0484. The van der Waals surface area contributed by atoms with Crippen molar-refractivity contribution in [3.8, 4) is 11.1 Å². The van der Waals surface area contributed by atoms with Gasteiger partial charge < -0.3 is 31.9 Å². The zero-order chi connectivity index (χ0) is 28.6. The van der Waals surface area contributed by atoms with Crippen molar-refractivity contribution in [3.05, 3.63) is 59.4 Å². The second-order valence-electron chi connectivity index (χ2n) is 10.2. The quantitative estimate of drug-likeness (QED) is 0.259. The predicted octanol–water partition coefficient (Wildman–Crippen LogP) is 3.12. The zero-order valence-corrected chi connectivity index (χ0v) is 22.4. The summed E-state index contributed by atoms with van der Waals surface area (Å²) in [6.45, 7) is 2.86. The summed E-state index contributed by atoms with van der Waals surface area (Å²) in [7, 11) is 0. The molecule has 7 N–H and O–H groups in total. The van der Waals surface area contributed by atoms with E-state index in [2.05, 4.69) is 5.32 Å². The summed E-state index contributed by atoms with van der Waals surface area (Å²) in [5, 5.41) is 23.7. The van der Waals surface area contributed by atoms with Crippen LogP contribution in [0.2, 0.25) is 0 Å². The Labute approximate surface area is 228 Å². The second-order valence-corrected chi connectivity index (χ2v) is 10.2. The fraction of sp³-hybridized carbons (Fsp3) is 0.483. The maximum atomic E-state index is 15.5. The molecule has 0 saturated carbocycles. The van der Waals surface area contributed by atoms with E-state index in [1.54, 1.807) is 17.0 Å². The molecule has 1 aliphatic rings. The Morgan fingerprint density at radius 1 is 1.23 bits per heavy atom. The van der Waals surface area contributed by atoms with E-state index in [0.29, 0.717) is 42.5 Å². The third-order valence-electron chi connectivity index (χ3n) is 7.60. The molecular weight excluding hydrogens is 503 g/mol. The summed E-state index contributed by atoms with van der Waals surface area (Å²) >= 11 is 0. The highest BCUT2D eigenvalue weighted by Crippen LogP contribution is 2.44. The Morgan fingerprint density at radius 2 is 1.97 bits per heavy atom. The average Bonchev–Trinajstić information content (AvgIpc) is 2.93. The molecule has 1 heterocycles. The molecule has 3 rings (SSSR count). The number of aliphatic hydroxyl groups is 1. The molecular formula is C29H39FN4O5. The Kier molecular flexibility index (Phi) is 10.4. The molecule has 2 unspecified atom stereocenters. The highest BCUT2D eigenvalue weighted by atomic mass is 19.1. The average molecular weight is 543 g/mol. The minimum atomic E-state index is -1.54. The van der Waals surface area contributed by atoms with Gasteiger partial charge in [-0.3, -0.25) is 9.59 Å². The maximum absolute atomic E-state index is 15.5. The monoisotopic (exact) mass is 542 g/mol. The molecule has 3 amide bonds. The number of halogens is 1. The van der Waals surface area contributed by atoms with Crippen LogP contribution in [0.15, 0.2) is 42.5 Å². The number of aryl methyl sites for hydroxylation is 1. The molecule has 0 aliphatic carbocycles. The lowest BCUT2D eigenvalue weighted by Gasteiger charge is -2.44. The van der Waals surface area contributed by atoms with Crippen LogP contribution in [-0.4, -0.2) is 58.7 Å². The van der Waals surface area contributed by atoms with E-state index in [4.69, 9.17) is 16.6 Å². The molecule has 39 heavy (non-hydrogen) atoms. The van der Waals surface area contributed by atoms with E-state index < -0.39 is 35.4 Å². The molecule has 1 saturated heterocycles. The molecule has 212 valence electrons. The highest BCUT2D eigenvalue weighted by Gasteiger charge is 2.43. The number of carbonyl (C=O) groups is 3. The number of carbonyl (C=O) groups excluding carboxylic acids is 2. The third-order valence-corrected chi connectivity index (χ3v) is 7.60. The Balaban J connectivity index is 1.97. The molecule has 0 radical (unpaired) electrons. The molecule has 2 aromatic rings. The van der Waals surface area contributed by atoms with Crippen LogP contribution in [0.5, 0.6) is 0 Å². The Hall–Kier alpha value is -3.50. The summed E-state index contributed by atoms with van der Waals surface area (Å²) < 4.78 is 15.5. The first-order valence-corrected chi connectivity index (χ1v) is 13.5. The number of nitrogens with two attached hydrogens (primary N) is 2. The molecule has 2 aromatic carbocycles. The van der Waals surface area contributed by atoms with Gasteiger partial charge in [-0.05, 0) is 61.3 Å². The maximum Gasteiger partial charge on any atom is 0.404 e. The molecule has 1 aliphatic heterocycles. The number of carboxylic acid groups (broad SMARTS) is 1. The smallest absolute Gasteiger partial charge is 0.404 e. The van der Waals surface area contributed by atoms with Crippen molar-refractivity contribution in [1.82, 2.24) is 10.2 Å². The fourth-order valence-electron chi connectivity index (χ4n) is 5.41. The summed E-state index contributed by atoms with van der Waals surface area (Å²) in [5.74, 6) is -1.76. The molecule has 0 bridgehead atoms. The number of hydrogen-bond donors (Lipinski definition) is 5. The molecule has 0 spiro atoms. The van der Waals surface area contributed by atoms with Gasteiger partial charge in [0.2, 0.25) is 11.8 Å². The predicted molar refractivity (Wildman–Crippen MR) is 146 cm³/mol. The molecule has 0 aromatic heterocycles. The number of primary amides is 1. The van der Waals surface area contributed by atoms with Gasteiger partial charge in [0.15, 0.2) is 0 Å². The van der Waals surface area contributed by atoms with Crippen LogP contribution in [0.3, 0.4) is 0 Å². The fourth-order valence-corrected chi connectivity index (χ4v) is 5.41. The van der Waals surface area contributed by atoms with Gasteiger partial charge in [-0.2, -0.15) is 0 Å². The number of piperidine rings is 1. The van der Waals surface area contributed by atoms with Gasteiger partial charge in [-0.1, -0.05) is 43.3 Å². The lowest BCUT2D eigenvalue weighted by Crippen LogP contribution is -2.49. The molecule has 9 nitrogen and oxygen atoms in total. The number of hydrogen-bond acceptors (Lipinski definition) is 5. The van der Waals surface area contributed by atoms with Crippen molar-refractivity contribution in [3.63, 3.8) is 0 Å². The van der Waals surface area contributed by atoms with Crippen LogP contribution in [0.25, 0.3) is 11.1 Å². The van der Waals surface area contributed by atoms with Crippen molar-refractivity contribution in [1.29, 1.82) is 0 Å². The van der Waals surface area contributed by atoms with Gasteiger partial charge in [-0.25, -0.2) is 9.18 Å². The Bertz CT molecular complexity index is 1180. The van der Waals surface area contributed by atoms with E-state index in [9.17, 15) is 19.5 Å². The lowest BCUT2D eigenvalue weighted by molar-refractivity contribution is -0.137. The number of likely N-dealkylation sites (tertiary alicyclic amines) is 1. The third kappa shape index (κ3) is 7.54. The number of benzene rings is 2. The van der Waals surface area contributed by atoms with Crippen molar-refractivity contribution in [2.45, 2.75) is 63.5 Å². The van der Waals surface area contributed by atoms with Crippen LogP contribution in [0.4, 0.5) is 9.18 Å². The Morgan fingerprint density at radius 3 is 2.67 bits per heavy atom. The first-order chi connectivity index (χ1) is 18.6. The minimum Gasteiger partial charge on any atom is -0.465 e. The first kappa shape index (κ1) is 30.0. The van der Waals surface area contributed by atoms with Gasteiger partial charge in [0.25, 0.3) is 0 Å². The van der Waals surface area contributed by atoms with Crippen molar-refractivity contribution < 1.29 is 29.0 Å². The van der Waals surface area contributed by atoms with E-state index in [0.717, 1.165) is 12.0 Å². The number of amides is 3. The zero-order valence-electron chi connectivity index (χ0n) is 22.4. The van der Waals surface area contributed by atoms with Crippen molar-refractivity contribution in [2.24, 2.45) is 17.4 Å². The lowest BCUT2D eigenvalue weighted by atomic mass is 9.72. The van der Waals surface area contributed by atoms with Crippen LogP contribution >= 0.6 is 0 Å². The molecule has 1 fully saturated rings. The van der Waals surface area contributed by atoms with Gasteiger partial charge in [-0.15, -0.1) is 0 Å². The molecule has 10 heteroatoms. The van der Waals surface area contributed by atoms with E-state index in [1.807, 2.05) is 31.2 Å². The topological polar surface area (TPSA) is 159 Å². The van der Waals surface area contributed by atoms with Crippen LogP contribution < -0.4 is 16.8 Å². The summed E-state index contributed by atoms with van der Waals surface area (Å²) in [6.07, 6.45) is 1.48. The highest BCUT2D eigenvalue weighted by molar-refractivity contribution is 5.81. The molecule has 3 atom stereocenters. The summed E-state index contributed by atoms with van der Waals surface area (Å²) in [6, 6.07) is 11.3. The number of nitrogens with zero attached hydrogens (tertiary/aromatic N) is 1. The van der Waals surface area contributed by atoms with Crippen molar-refractivity contribution >= 4 is 17.9 Å². The SMILES string of the molecule is CCc1cccc(-c2c(F)cccc2C(O)(CCCNC(=O)O)C2CCCN(C(=O)CC[C@H](N)C(N)=O)C2)c1. The van der Waals surface area contributed by atoms with Crippen LogP contribution in [0.1, 0.15) is 56.6 Å². The van der Waals surface area contributed by atoms with Gasteiger partial charge in [0.1, 0.15) is 5.82 Å². The second kappa shape index (κ2) is 13.5. The van der Waals surface area contributed by atoms with Gasteiger partial charge in [0, 0.05) is 37.5 Å². The normalized spacial score (nSPS) is 17.7. The van der Waals surface area contributed by atoms with Crippen LogP contribution in [-0.2, 0) is 21.6 Å². The standard InChI is InChI=1S/C29H39FN4O5/c1-2-19-7-3-8-20(17-19)26-22(10-4-11-23(26)30)29(39,14-6-15-33-28(37)38)21-9-5-16-34(18-21)25(35)13-12-24(31)27(32)36/h3-4,7-8,10-11,17,21,24,33,39H,2,5-6,9,12-16,18,31H2,1H3,(H2,32,36)(H,37,38)/t21?,24-,29?/m0/s1. The summed E-state index contributed by atoms with van der Waals surface area (Å²) in [4.78, 5) is 36.9. The van der Waals surface area contributed by atoms with Gasteiger partial charge in [0.05, 0.1) is 11.6 Å². The first-order valence-electron chi connectivity index (χ1n) is 13.5. The van der Waals surface area contributed by atoms with E-state index in [-0.39, 0.29) is 38.3 Å². The van der Waals surface area contributed by atoms with E-state index in [1.165, 1.54) is 6.07 Å². The van der Waals surface area contributed by atoms with Gasteiger partial charge >= 0.3 is 6.09 Å². The van der Waals surface area contributed by atoms with Crippen LogP contribution in [0, 0.1) is 11.7 Å².